The predicted octanol–water partition coefficient (Wildman–Crippen LogP) is 3.44. The average molecular weight is 366 g/mol. The number of para-hydroxylation sites is 1. The van der Waals surface area contributed by atoms with E-state index in [-0.39, 0.29) is 12.3 Å². The number of nitro groups is 1. The summed E-state index contributed by atoms with van der Waals surface area (Å²) in [6, 6.07) is 14.6. The Morgan fingerprint density at radius 3 is 2.36 bits per heavy atom. The van der Waals surface area contributed by atoms with E-state index in [1.165, 1.54) is 24.3 Å². The van der Waals surface area contributed by atoms with E-state index in [4.69, 9.17) is 9.47 Å². The molecule has 114 valence electrons. The Balaban J connectivity index is 1.85. The van der Waals surface area contributed by atoms with Crippen LogP contribution in [0, 0.1) is 10.1 Å². The summed E-state index contributed by atoms with van der Waals surface area (Å²) in [4.78, 5) is 21.8. The van der Waals surface area contributed by atoms with Gasteiger partial charge in [-0.15, -0.1) is 0 Å². The highest BCUT2D eigenvalue weighted by Gasteiger charge is 2.18. The zero-order valence-electron chi connectivity index (χ0n) is 11.3. The third-order valence-corrected chi connectivity index (χ3v) is 3.26. The van der Waals surface area contributed by atoms with Gasteiger partial charge in [0.2, 0.25) is 5.01 Å². The number of nitro benzene ring substituents is 1. The first-order chi connectivity index (χ1) is 10.6. The van der Waals surface area contributed by atoms with Gasteiger partial charge in [-0.1, -0.05) is 18.2 Å². The Kier molecular flexibility index (Phi) is 5.48. The van der Waals surface area contributed by atoms with Gasteiger partial charge < -0.3 is 9.47 Å². The number of esters is 1. The Labute approximate surface area is 134 Å². The molecular weight excluding hydrogens is 354 g/mol. The molecule has 2 rings (SSSR count). The summed E-state index contributed by atoms with van der Waals surface area (Å²) in [7, 11) is 0. The van der Waals surface area contributed by atoms with Gasteiger partial charge >= 0.3 is 5.97 Å². The molecule has 0 N–H and O–H groups in total. The zero-order chi connectivity index (χ0) is 15.9. The Morgan fingerprint density at radius 1 is 1.14 bits per heavy atom. The molecular formula is C15H12BrNO5. The fraction of sp³-hybridized carbons (Fsp3) is 0.133. The average Bonchev–Trinajstić information content (AvgIpc) is 2.53. The topological polar surface area (TPSA) is 78.7 Å². The quantitative estimate of drug-likeness (QED) is 0.339. The molecule has 0 radical (unpaired) electrons. The van der Waals surface area contributed by atoms with Gasteiger partial charge in [-0.3, -0.25) is 10.1 Å². The number of non-ortho nitro benzene ring substituents is 1. The summed E-state index contributed by atoms with van der Waals surface area (Å²) >= 11 is 3.10. The van der Waals surface area contributed by atoms with Crippen molar-refractivity contribution in [2.45, 2.75) is 11.6 Å². The van der Waals surface area contributed by atoms with Crippen molar-refractivity contribution in [3.63, 3.8) is 0 Å². The largest absolute Gasteiger partial charge is 0.467 e. The number of nitrogens with zero attached hydrogens (tertiary/aromatic N) is 1. The molecule has 0 aliphatic carbocycles. The third kappa shape index (κ3) is 4.56. The van der Waals surface area contributed by atoms with Gasteiger partial charge in [0.25, 0.3) is 5.69 Å². The lowest BCUT2D eigenvalue weighted by atomic mass is 10.2. The smallest absolute Gasteiger partial charge is 0.359 e. The van der Waals surface area contributed by atoms with E-state index in [1.807, 2.05) is 6.07 Å². The Bertz CT molecular complexity index is 645. The van der Waals surface area contributed by atoms with Crippen molar-refractivity contribution < 1.29 is 19.2 Å². The highest BCUT2D eigenvalue weighted by atomic mass is 79.9. The molecule has 0 spiro atoms. The second-order valence-corrected chi connectivity index (χ2v) is 5.11. The number of carbonyl (C=O) groups is 1. The van der Waals surface area contributed by atoms with Crippen LogP contribution in [-0.2, 0) is 16.1 Å². The molecule has 0 saturated carbocycles. The van der Waals surface area contributed by atoms with E-state index in [2.05, 4.69) is 15.9 Å². The van der Waals surface area contributed by atoms with Gasteiger partial charge in [0.1, 0.15) is 12.4 Å². The van der Waals surface area contributed by atoms with Crippen LogP contribution >= 0.6 is 15.9 Å². The monoisotopic (exact) mass is 365 g/mol. The van der Waals surface area contributed by atoms with E-state index >= 15 is 0 Å². The number of benzene rings is 2. The van der Waals surface area contributed by atoms with Crippen LogP contribution in [0.15, 0.2) is 54.6 Å². The van der Waals surface area contributed by atoms with E-state index in [0.29, 0.717) is 11.3 Å². The fourth-order valence-electron chi connectivity index (χ4n) is 1.60. The number of ether oxygens (including phenoxy) is 2. The normalized spacial score (nSPS) is 11.5. The standard InChI is InChI=1S/C15H12BrNO5/c16-14(22-13-4-2-1-3-5-13)15(18)21-10-11-6-8-12(9-7-11)17(19)20/h1-9,14H,10H2. The molecule has 2 aromatic rings. The molecule has 1 unspecified atom stereocenters. The lowest BCUT2D eigenvalue weighted by Crippen LogP contribution is -2.23. The van der Waals surface area contributed by atoms with Crippen LogP contribution in [0.1, 0.15) is 5.56 Å². The van der Waals surface area contributed by atoms with Crippen molar-refractivity contribution >= 4 is 27.6 Å². The Morgan fingerprint density at radius 2 is 1.77 bits per heavy atom. The molecule has 0 heterocycles. The number of hydrogen-bond donors (Lipinski definition) is 0. The van der Waals surface area contributed by atoms with Gasteiger partial charge in [0, 0.05) is 12.1 Å². The number of rotatable bonds is 6. The third-order valence-electron chi connectivity index (χ3n) is 2.70. The second-order valence-electron chi connectivity index (χ2n) is 4.28. The van der Waals surface area contributed by atoms with Crippen molar-refractivity contribution in [3.05, 3.63) is 70.3 Å². The van der Waals surface area contributed by atoms with Crippen LogP contribution in [-0.4, -0.2) is 15.9 Å². The predicted molar refractivity (Wildman–Crippen MR) is 82.7 cm³/mol. The van der Waals surface area contributed by atoms with Gasteiger partial charge in [-0.05, 0) is 45.8 Å². The first kappa shape index (κ1) is 16.0. The fourth-order valence-corrected chi connectivity index (χ4v) is 1.95. The minimum Gasteiger partial charge on any atom is -0.467 e. The number of carbonyl (C=O) groups excluding carboxylic acids is 1. The summed E-state index contributed by atoms with van der Waals surface area (Å²) in [5.41, 5.74) is 0.638. The van der Waals surface area contributed by atoms with Crippen LogP contribution < -0.4 is 4.74 Å². The molecule has 0 bridgehead atoms. The highest BCUT2D eigenvalue weighted by Crippen LogP contribution is 2.16. The summed E-state index contributed by atoms with van der Waals surface area (Å²) in [5.74, 6) is -0.0427. The van der Waals surface area contributed by atoms with Crippen LogP contribution in [0.3, 0.4) is 0 Å². The summed E-state index contributed by atoms with van der Waals surface area (Å²) in [5, 5.41) is 9.62. The van der Waals surface area contributed by atoms with Crippen LogP contribution in [0.25, 0.3) is 0 Å². The van der Waals surface area contributed by atoms with E-state index in [0.717, 1.165) is 0 Å². The van der Waals surface area contributed by atoms with Crippen LogP contribution in [0.4, 0.5) is 5.69 Å². The van der Waals surface area contributed by atoms with Crippen LogP contribution in [0.5, 0.6) is 5.75 Å². The van der Waals surface area contributed by atoms with Crippen molar-refractivity contribution in [2.24, 2.45) is 0 Å². The van der Waals surface area contributed by atoms with Gasteiger partial charge in [-0.2, -0.15) is 0 Å². The second kappa shape index (κ2) is 7.56. The van der Waals surface area contributed by atoms with Gasteiger partial charge in [-0.25, -0.2) is 4.79 Å². The zero-order valence-corrected chi connectivity index (χ0v) is 12.9. The molecule has 0 aromatic heterocycles. The number of halogens is 1. The lowest BCUT2D eigenvalue weighted by molar-refractivity contribution is -0.384. The molecule has 0 aliphatic rings. The summed E-state index contributed by atoms with van der Waals surface area (Å²) < 4.78 is 10.4. The molecule has 0 saturated heterocycles. The first-order valence-electron chi connectivity index (χ1n) is 6.32. The maximum absolute atomic E-state index is 11.8. The molecule has 22 heavy (non-hydrogen) atoms. The minimum atomic E-state index is -0.923. The number of hydrogen-bond acceptors (Lipinski definition) is 5. The molecule has 2 aromatic carbocycles. The molecule has 0 fully saturated rings. The van der Waals surface area contributed by atoms with Crippen molar-refractivity contribution in [3.8, 4) is 5.75 Å². The molecule has 1 atom stereocenters. The maximum atomic E-state index is 11.8. The van der Waals surface area contributed by atoms with Gasteiger partial charge in [0.15, 0.2) is 0 Å². The molecule has 6 nitrogen and oxygen atoms in total. The van der Waals surface area contributed by atoms with Crippen molar-refractivity contribution in [1.29, 1.82) is 0 Å². The van der Waals surface area contributed by atoms with Gasteiger partial charge in [0.05, 0.1) is 4.92 Å². The van der Waals surface area contributed by atoms with Crippen molar-refractivity contribution in [1.82, 2.24) is 0 Å². The van der Waals surface area contributed by atoms with E-state index in [1.54, 1.807) is 24.3 Å². The Hall–Kier alpha value is -2.41. The van der Waals surface area contributed by atoms with E-state index in [9.17, 15) is 14.9 Å². The van der Waals surface area contributed by atoms with Crippen LogP contribution in [0.2, 0.25) is 0 Å². The minimum absolute atomic E-state index is 0.0110. The summed E-state index contributed by atoms with van der Waals surface area (Å²) in [6.07, 6.45) is 0. The van der Waals surface area contributed by atoms with Crippen molar-refractivity contribution in [2.75, 3.05) is 0 Å². The molecule has 0 aliphatic heterocycles. The SMILES string of the molecule is O=C(OCc1ccc([N+](=O)[O-])cc1)C(Br)Oc1ccccc1. The van der Waals surface area contributed by atoms with E-state index < -0.39 is 15.9 Å². The summed E-state index contributed by atoms with van der Waals surface area (Å²) in [6.45, 7) is 0.0110. The first-order valence-corrected chi connectivity index (χ1v) is 7.23. The maximum Gasteiger partial charge on any atom is 0.359 e. The molecule has 0 amide bonds. The molecule has 7 heteroatoms. The number of alkyl halides is 1. The highest BCUT2D eigenvalue weighted by molar-refractivity contribution is 9.09. The lowest BCUT2D eigenvalue weighted by Gasteiger charge is -2.12.